The molecule has 1 saturated heterocycles. The van der Waals surface area contributed by atoms with Crippen molar-refractivity contribution in [3.8, 4) is 11.3 Å². The Morgan fingerprint density at radius 2 is 2.13 bits per heavy atom. The van der Waals surface area contributed by atoms with E-state index in [1.165, 1.54) is 12.1 Å². The van der Waals surface area contributed by atoms with Crippen molar-refractivity contribution >= 4 is 23.1 Å². The topological polar surface area (TPSA) is 110 Å². The van der Waals surface area contributed by atoms with Gasteiger partial charge in [-0.05, 0) is 43.7 Å². The number of fused-ring (bicyclic) bond motifs is 1. The average molecular weight is 417 g/mol. The number of anilines is 2. The number of carbonyl (C=O) groups excluding carboxylic acids is 1. The Morgan fingerprint density at radius 3 is 2.87 bits per heavy atom. The number of nitrogen functional groups attached to an aromatic ring is 1. The Balaban J connectivity index is 1.53. The number of hydrogen-bond acceptors (Lipinski definition) is 6. The maximum atomic E-state index is 14.9. The molecule has 1 fully saturated rings. The lowest BCUT2D eigenvalue weighted by Gasteiger charge is -2.08. The zero-order chi connectivity index (χ0) is 21.4. The number of amides is 1. The van der Waals surface area contributed by atoms with Crippen molar-refractivity contribution in [2.24, 2.45) is 0 Å². The van der Waals surface area contributed by atoms with Gasteiger partial charge in [0.2, 0.25) is 0 Å². The molecule has 1 aliphatic rings. The van der Waals surface area contributed by atoms with Gasteiger partial charge in [0.15, 0.2) is 0 Å². The summed E-state index contributed by atoms with van der Waals surface area (Å²) in [5.41, 5.74) is 7.75. The monoisotopic (exact) mass is 417 g/mol. The molecular formula is C22H20FN7O. The van der Waals surface area contributed by atoms with Crippen molar-refractivity contribution in [1.29, 1.82) is 0 Å². The van der Waals surface area contributed by atoms with E-state index in [2.05, 4.69) is 20.6 Å². The van der Waals surface area contributed by atoms with Crippen LogP contribution in [0.1, 0.15) is 35.1 Å². The SMILES string of the molecule is Nc1nccn2c([C@@H]3CCCN3)nc(-c3ccc(C(=O)Nc4ccccn4)c(F)c3)c12. The lowest BCUT2D eigenvalue weighted by atomic mass is 10.1. The Labute approximate surface area is 177 Å². The molecule has 3 aromatic heterocycles. The molecule has 0 aliphatic carbocycles. The number of benzene rings is 1. The van der Waals surface area contributed by atoms with Crippen LogP contribution in [0.3, 0.4) is 0 Å². The van der Waals surface area contributed by atoms with Crippen LogP contribution in [0.2, 0.25) is 0 Å². The van der Waals surface area contributed by atoms with E-state index in [0.717, 1.165) is 25.2 Å². The van der Waals surface area contributed by atoms with E-state index in [4.69, 9.17) is 10.7 Å². The summed E-state index contributed by atoms with van der Waals surface area (Å²) < 4.78 is 16.8. The summed E-state index contributed by atoms with van der Waals surface area (Å²) in [5, 5.41) is 6.02. The number of halogens is 1. The van der Waals surface area contributed by atoms with E-state index in [9.17, 15) is 9.18 Å². The zero-order valence-electron chi connectivity index (χ0n) is 16.5. The number of rotatable bonds is 4. The van der Waals surface area contributed by atoms with E-state index in [0.29, 0.717) is 28.4 Å². The maximum absolute atomic E-state index is 14.9. The molecule has 0 saturated carbocycles. The number of nitrogens with one attached hydrogen (secondary N) is 2. The average Bonchev–Trinajstić information content (AvgIpc) is 3.43. The van der Waals surface area contributed by atoms with Gasteiger partial charge in [-0.1, -0.05) is 12.1 Å². The van der Waals surface area contributed by atoms with Crippen LogP contribution < -0.4 is 16.4 Å². The summed E-state index contributed by atoms with van der Waals surface area (Å²) in [4.78, 5) is 25.5. The number of imidazole rings is 1. The van der Waals surface area contributed by atoms with Gasteiger partial charge in [-0.2, -0.15) is 0 Å². The summed E-state index contributed by atoms with van der Waals surface area (Å²) in [6, 6.07) is 9.60. The molecule has 4 aromatic rings. The smallest absolute Gasteiger partial charge is 0.259 e. The normalized spacial score (nSPS) is 16.0. The second kappa shape index (κ2) is 7.77. The first kappa shape index (κ1) is 19.1. The van der Waals surface area contributed by atoms with E-state index < -0.39 is 11.7 Å². The van der Waals surface area contributed by atoms with Crippen LogP contribution in [0.15, 0.2) is 55.0 Å². The van der Waals surface area contributed by atoms with Gasteiger partial charge in [0.05, 0.1) is 11.6 Å². The zero-order valence-corrected chi connectivity index (χ0v) is 16.5. The Kier molecular flexibility index (Phi) is 4.79. The van der Waals surface area contributed by atoms with Crippen LogP contribution in [0, 0.1) is 5.82 Å². The van der Waals surface area contributed by atoms with Gasteiger partial charge in [0.1, 0.15) is 34.5 Å². The van der Waals surface area contributed by atoms with Crippen LogP contribution in [-0.2, 0) is 0 Å². The highest BCUT2D eigenvalue weighted by Crippen LogP contribution is 2.33. The minimum atomic E-state index is -0.657. The minimum absolute atomic E-state index is 0.0818. The predicted molar refractivity (Wildman–Crippen MR) is 115 cm³/mol. The molecule has 4 heterocycles. The maximum Gasteiger partial charge on any atom is 0.259 e. The fourth-order valence-electron chi connectivity index (χ4n) is 3.91. The third kappa shape index (κ3) is 3.49. The molecule has 1 aromatic carbocycles. The molecule has 9 heteroatoms. The van der Waals surface area contributed by atoms with Crippen LogP contribution >= 0.6 is 0 Å². The molecular weight excluding hydrogens is 397 g/mol. The molecule has 1 amide bonds. The van der Waals surface area contributed by atoms with Crippen LogP contribution in [0.25, 0.3) is 16.8 Å². The van der Waals surface area contributed by atoms with Gasteiger partial charge in [0, 0.05) is 24.2 Å². The number of nitrogens with zero attached hydrogens (tertiary/aromatic N) is 4. The summed E-state index contributed by atoms with van der Waals surface area (Å²) in [6.07, 6.45) is 7.00. The lowest BCUT2D eigenvalue weighted by Crippen LogP contribution is -2.16. The predicted octanol–water partition coefficient (Wildman–Crippen LogP) is 3.19. The molecule has 1 aliphatic heterocycles. The molecule has 0 unspecified atom stereocenters. The molecule has 4 N–H and O–H groups in total. The highest BCUT2D eigenvalue weighted by molar-refractivity contribution is 6.04. The summed E-state index contributed by atoms with van der Waals surface area (Å²) in [5.74, 6) is 0.244. The molecule has 5 rings (SSSR count). The van der Waals surface area contributed by atoms with Crippen molar-refractivity contribution in [3.63, 3.8) is 0 Å². The first-order valence-corrected chi connectivity index (χ1v) is 10.00. The van der Waals surface area contributed by atoms with Crippen LogP contribution in [-0.4, -0.2) is 31.8 Å². The lowest BCUT2D eigenvalue weighted by molar-refractivity contribution is 0.102. The van der Waals surface area contributed by atoms with E-state index >= 15 is 0 Å². The van der Waals surface area contributed by atoms with Crippen molar-refractivity contribution in [2.45, 2.75) is 18.9 Å². The van der Waals surface area contributed by atoms with Gasteiger partial charge >= 0.3 is 0 Å². The Hall–Kier alpha value is -3.85. The van der Waals surface area contributed by atoms with Crippen molar-refractivity contribution in [2.75, 3.05) is 17.6 Å². The quantitative estimate of drug-likeness (QED) is 0.470. The van der Waals surface area contributed by atoms with Gasteiger partial charge in [-0.25, -0.2) is 19.3 Å². The van der Waals surface area contributed by atoms with Gasteiger partial charge in [-0.15, -0.1) is 0 Å². The minimum Gasteiger partial charge on any atom is -0.382 e. The molecule has 156 valence electrons. The number of aromatic nitrogens is 4. The highest BCUT2D eigenvalue weighted by atomic mass is 19.1. The Morgan fingerprint density at radius 1 is 1.23 bits per heavy atom. The van der Waals surface area contributed by atoms with Crippen LogP contribution in [0.4, 0.5) is 16.0 Å². The van der Waals surface area contributed by atoms with E-state index in [1.54, 1.807) is 36.7 Å². The van der Waals surface area contributed by atoms with Gasteiger partial charge in [0.25, 0.3) is 5.91 Å². The number of hydrogen-bond donors (Lipinski definition) is 3. The number of nitrogens with two attached hydrogens (primary N) is 1. The van der Waals surface area contributed by atoms with E-state index in [-0.39, 0.29) is 11.6 Å². The molecule has 31 heavy (non-hydrogen) atoms. The van der Waals surface area contributed by atoms with E-state index in [1.807, 2.05) is 10.6 Å². The molecule has 1 atom stereocenters. The van der Waals surface area contributed by atoms with Crippen molar-refractivity contribution in [3.05, 3.63) is 72.2 Å². The first-order valence-electron chi connectivity index (χ1n) is 10.00. The fourth-order valence-corrected chi connectivity index (χ4v) is 3.91. The Bertz CT molecular complexity index is 1270. The fraction of sp³-hybridized carbons (Fsp3) is 0.182. The summed E-state index contributed by atoms with van der Waals surface area (Å²) in [7, 11) is 0. The highest BCUT2D eigenvalue weighted by Gasteiger charge is 2.25. The third-order valence-corrected chi connectivity index (χ3v) is 5.38. The number of pyridine rings is 1. The molecule has 8 nitrogen and oxygen atoms in total. The van der Waals surface area contributed by atoms with Gasteiger partial charge < -0.3 is 16.4 Å². The largest absolute Gasteiger partial charge is 0.382 e. The second-order valence-corrected chi connectivity index (χ2v) is 7.36. The molecule has 0 bridgehead atoms. The summed E-state index contributed by atoms with van der Waals surface area (Å²) in [6.45, 7) is 0.921. The van der Waals surface area contributed by atoms with Gasteiger partial charge in [-0.3, -0.25) is 9.20 Å². The summed E-state index contributed by atoms with van der Waals surface area (Å²) >= 11 is 0. The van der Waals surface area contributed by atoms with Crippen LogP contribution in [0.5, 0.6) is 0 Å². The third-order valence-electron chi connectivity index (χ3n) is 5.38. The first-order chi connectivity index (χ1) is 15.1. The van der Waals surface area contributed by atoms with Crippen molar-refractivity contribution < 1.29 is 9.18 Å². The standard InChI is InChI=1S/C22H20FN7O/c23-15-12-13(6-7-14(15)22(31)28-17-5-1-2-8-26-17)18-19-20(24)27-10-11-30(19)21(29-18)16-4-3-9-25-16/h1-2,5-8,10-12,16,25H,3-4,9H2,(H2,24,27)(H,26,28,31)/t16-/m0/s1. The molecule has 0 radical (unpaired) electrons. The molecule has 0 spiro atoms. The van der Waals surface area contributed by atoms with Crippen molar-refractivity contribution in [1.82, 2.24) is 24.7 Å². The second-order valence-electron chi connectivity index (χ2n) is 7.36. The number of carbonyl (C=O) groups is 1.